The van der Waals surface area contributed by atoms with Crippen molar-refractivity contribution in [1.29, 1.82) is 0 Å². The molecule has 0 amide bonds. The number of ether oxygens (including phenoxy) is 1. The largest absolute Gasteiger partial charge is 0.507 e. The van der Waals surface area contributed by atoms with Crippen molar-refractivity contribution < 1.29 is 27.4 Å². The van der Waals surface area contributed by atoms with Gasteiger partial charge in [-0.25, -0.2) is 0 Å². The van der Waals surface area contributed by atoms with Crippen molar-refractivity contribution >= 4 is 11.4 Å². The summed E-state index contributed by atoms with van der Waals surface area (Å²) in [7, 11) is 1.41. The minimum absolute atomic E-state index is 0.113. The average Bonchev–Trinajstić information content (AvgIpc) is 2.52. The van der Waals surface area contributed by atoms with Gasteiger partial charge in [-0.1, -0.05) is 0 Å². The first-order valence-corrected chi connectivity index (χ1v) is 6.22. The van der Waals surface area contributed by atoms with Crippen LogP contribution >= 0.6 is 0 Å². The fourth-order valence-corrected chi connectivity index (χ4v) is 1.73. The van der Waals surface area contributed by atoms with Gasteiger partial charge in [-0.05, 0) is 19.1 Å². The lowest BCUT2D eigenvalue weighted by atomic mass is 10.1. The highest BCUT2D eigenvalue weighted by molar-refractivity contribution is 6.01. The van der Waals surface area contributed by atoms with E-state index in [1.807, 2.05) is 5.43 Å². The number of hydrogen-bond acceptors (Lipinski definition) is 5. The summed E-state index contributed by atoms with van der Waals surface area (Å²) in [6.07, 6.45) is 0. The molecular formula is C14H11F4N3O2. The maximum atomic E-state index is 13.4. The SMILES string of the molecule is COc1ccc(/C(C)=N/Nc2c(F)c(F)nc(F)c2F)c(O)c1. The molecule has 0 aliphatic carbocycles. The smallest absolute Gasteiger partial charge is 0.254 e. The molecule has 5 nitrogen and oxygen atoms in total. The molecule has 23 heavy (non-hydrogen) atoms. The number of aromatic hydroxyl groups is 1. The average molecular weight is 329 g/mol. The van der Waals surface area contributed by atoms with E-state index < -0.39 is 29.2 Å². The van der Waals surface area contributed by atoms with E-state index in [9.17, 15) is 22.7 Å². The Morgan fingerprint density at radius 1 is 1.17 bits per heavy atom. The first-order chi connectivity index (χ1) is 10.8. The minimum atomic E-state index is -1.80. The van der Waals surface area contributed by atoms with Gasteiger partial charge >= 0.3 is 0 Å². The van der Waals surface area contributed by atoms with Crippen molar-refractivity contribution in [2.45, 2.75) is 6.92 Å². The molecule has 0 aliphatic rings. The molecule has 1 aromatic heterocycles. The molecule has 0 radical (unpaired) electrons. The van der Waals surface area contributed by atoms with Crippen LogP contribution in [-0.2, 0) is 0 Å². The molecule has 1 heterocycles. The zero-order chi connectivity index (χ0) is 17.1. The minimum Gasteiger partial charge on any atom is -0.507 e. The van der Waals surface area contributed by atoms with E-state index in [1.165, 1.54) is 32.2 Å². The number of anilines is 1. The summed E-state index contributed by atoms with van der Waals surface area (Å²) in [5.41, 5.74) is 1.11. The summed E-state index contributed by atoms with van der Waals surface area (Å²) in [5.74, 6) is -6.82. The van der Waals surface area contributed by atoms with Crippen LogP contribution in [0.1, 0.15) is 12.5 Å². The molecule has 0 unspecified atom stereocenters. The topological polar surface area (TPSA) is 66.7 Å². The highest BCUT2D eigenvalue weighted by Crippen LogP contribution is 2.25. The van der Waals surface area contributed by atoms with E-state index in [0.29, 0.717) is 5.75 Å². The number of nitrogens with zero attached hydrogens (tertiary/aromatic N) is 2. The number of rotatable bonds is 4. The van der Waals surface area contributed by atoms with E-state index in [1.54, 1.807) is 0 Å². The summed E-state index contributed by atoms with van der Waals surface area (Å²) >= 11 is 0. The highest BCUT2D eigenvalue weighted by atomic mass is 19.2. The number of phenols is 1. The maximum Gasteiger partial charge on any atom is 0.254 e. The van der Waals surface area contributed by atoms with Gasteiger partial charge in [0.15, 0.2) is 0 Å². The van der Waals surface area contributed by atoms with Crippen molar-refractivity contribution in [2.75, 3.05) is 12.5 Å². The predicted octanol–water partition coefficient (Wildman–Crippen LogP) is 3.19. The molecule has 0 fully saturated rings. The van der Waals surface area contributed by atoms with Crippen LogP contribution in [0.2, 0.25) is 0 Å². The molecule has 122 valence electrons. The molecule has 9 heteroatoms. The fraction of sp³-hybridized carbons (Fsp3) is 0.143. The summed E-state index contributed by atoms with van der Waals surface area (Å²) in [4.78, 5) is 2.43. The predicted molar refractivity (Wildman–Crippen MR) is 74.6 cm³/mol. The zero-order valence-corrected chi connectivity index (χ0v) is 12.0. The van der Waals surface area contributed by atoms with Crippen molar-refractivity contribution in [1.82, 2.24) is 4.98 Å². The molecule has 2 N–H and O–H groups in total. The second kappa shape index (κ2) is 6.51. The highest BCUT2D eigenvalue weighted by Gasteiger charge is 2.20. The van der Waals surface area contributed by atoms with Crippen molar-refractivity contribution in [2.24, 2.45) is 5.10 Å². The van der Waals surface area contributed by atoms with Gasteiger partial charge in [0, 0.05) is 11.6 Å². The molecule has 2 rings (SSSR count). The van der Waals surface area contributed by atoms with Gasteiger partial charge in [0.05, 0.1) is 12.8 Å². The number of aromatic nitrogens is 1. The first kappa shape index (κ1) is 16.5. The summed E-state index contributed by atoms with van der Waals surface area (Å²) in [6.45, 7) is 1.41. The monoisotopic (exact) mass is 329 g/mol. The van der Waals surface area contributed by atoms with Crippen molar-refractivity contribution in [3.8, 4) is 11.5 Å². The molecule has 0 saturated carbocycles. The standard InChI is InChI=1S/C14H11F4N3O2/c1-6(8-4-3-7(23-2)5-9(8)22)20-21-12-10(15)13(17)19-14(18)11(12)16/h3-5,22H,1-2H3,(H,19,21)/b20-6+. The Balaban J connectivity index is 2.34. The molecule has 0 spiro atoms. The van der Waals surface area contributed by atoms with Crippen LogP contribution in [0.15, 0.2) is 23.3 Å². The lowest BCUT2D eigenvalue weighted by Gasteiger charge is -2.08. The fourth-order valence-electron chi connectivity index (χ4n) is 1.73. The van der Waals surface area contributed by atoms with Crippen LogP contribution in [0.25, 0.3) is 0 Å². The first-order valence-electron chi connectivity index (χ1n) is 6.22. The van der Waals surface area contributed by atoms with Crippen LogP contribution in [0.3, 0.4) is 0 Å². The molecule has 1 aromatic carbocycles. The molecule has 2 aromatic rings. The lowest BCUT2D eigenvalue weighted by molar-refractivity contribution is 0.407. The number of nitrogens with one attached hydrogen (secondary N) is 1. The Morgan fingerprint density at radius 3 is 2.30 bits per heavy atom. The quantitative estimate of drug-likeness (QED) is 0.391. The maximum absolute atomic E-state index is 13.4. The van der Waals surface area contributed by atoms with Gasteiger partial charge < -0.3 is 9.84 Å². The molecule has 0 atom stereocenters. The van der Waals surface area contributed by atoms with Gasteiger partial charge in [-0.3, -0.25) is 5.43 Å². The molecule has 0 aliphatic heterocycles. The Morgan fingerprint density at radius 2 is 1.78 bits per heavy atom. The molecule has 0 saturated heterocycles. The van der Waals surface area contributed by atoms with Gasteiger partial charge in [-0.15, -0.1) is 0 Å². The van der Waals surface area contributed by atoms with E-state index in [4.69, 9.17) is 4.74 Å². The lowest BCUT2D eigenvalue weighted by Crippen LogP contribution is -2.08. The van der Waals surface area contributed by atoms with Crippen LogP contribution in [-0.4, -0.2) is 22.9 Å². The van der Waals surface area contributed by atoms with Crippen LogP contribution in [0.5, 0.6) is 11.5 Å². The number of hydrogen-bond donors (Lipinski definition) is 2. The second-order valence-corrected chi connectivity index (χ2v) is 4.39. The number of phenolic OH excluding ortho intramolecular Hbond substituents is 1. The Bertz CT molecular complexity index is 755. The van der Waals surface area contributed by atoms with E-state index in [-0.39, 0.29) is 17.0 Å². The summed E-state index contributed by atoms with van der Waals surface area (Å²) in [5, 5.41) is 13.4. The normalized spacial score (nSPS) is 11.5. The number of halogens is 4. The van der Waals surface area contributed by atoms with E-state index in [2.05, 4.69) is 10.1 Å². The number of hydrazone groups is 1. The van der Waals surface area contributed by atoms with E-state index >= 15 is 0 Å². The van der Waals surface area contributed by atoms with Gasteiger partial charge in [0.2, 0.25) is 11.6 Å². The van der Waals surface area contributed by atoms with Gasteiger partial charge in [0.1, 0.15) is 17.2 Å². The van der Waals surface area contributed by atoms with E-state index in [0.717, 1.165) is 0 Å². The van der Waals surface area contributed by atoms with Gasteiger partial charge in [-0.2, -0.15) is 27.6 Å². The van der Waals surface area contributed by atoms with Crippen LogP contribution in [0.4, 0.5) is 23.2 Å². The van der Waals surface area contributed by atoms with Crippen molar-refractivity contribution in [3.63, 3.8) is 0 Å². The Hall–Kier alpha value is -2.84. The van der Waals surface area contributed by atoms with Crippen LogP contribution < -0.4 is 10.2 Å². The second-order valence-electron chi connectivity index (χ2n) is 4.39. The number of methoxy groups -OCH3 is 1. The summed E-state index contributed by atoms with van der Waals surface area (Å²) in [6, 6.07) is 4.29. The number of benzene rings is 1. The Labute approximate surface area is 128 Å². The van der Waals surface area contributed by atoms with Gasteiger partial charge in [0.25, 0.3) is 11.9 Å². The van der Waals surface area contributed by atoms with Crippen molar-refractivity contribution in [3.05, 3.63) is 47.3 Å². The Kier molecular flexibility index (Phi) is 4.68. The summed E-state index contributed by atoms with van der Waals surface area (Å²) < 4.78 is 57.7. The third-order valence-corrected chi connectivity index (χ3v) is 2.93. The zero-order valence-electron chi connectivity index (χ0n) is 12.0. The third kappa shape index (κ3) is 3.33. The van der Waals surface area contributed by atoms with Crippen LogP contribution in [0, 0.1) is 23.5 Å². The molecular weight excluding hydrogens is 318 g/mol. The molecule has 0 bridgehead atoms. The number of pyridine rings is 1. The third-order valence-electron chi connectivity index (χ3n) is 2.93.